The molecular formula is C17H17N5. The molecule has 0 saturated carbocycles. The minimum absolute atomic E-state index is 0.158. The molecule has 0 aliphatic heterocycles. The van der Waals surface area contributed by atoms with Crippen molar-refractivity contribution in [3.8, 4) is 0 Å². The van der Waals surface area contributed by atoms with Gasteiger partial charge in [-0.25, -0.2) is 9.97 Å². The number of aromatic nitrogens is 3. The minimum Gasteiger partial charge on any atom is -0.382 e. The largest absolute Gasteiger partial charge is 0.382 e. The highest BCUT2D eigenvalue weighted by Crippen LogP contribution is 2.18. The molecule has 110 valence electrons. The van der Waals surface area contributed by atoms with E-state index in [0.29, 0.717) is 16.9 Å². The number of hydrogen-bond acceptors (Lipinski definition) is 5. The van der Waals surface area contributed by atoms with Crippen molar-refractivity contribution >= 4 is 35.0 Å². The van der Waals surface area contributed by atoms with Crippen LogP contribution in [0.2, 0.25) is 0 Å². The van der Waals surface area contributed by atoms with E-state index >= 15 is 0 Å². The molecule has 0 fully saturated rings. The number of fused-ring (bicyclic) bond motifs is 1. The number of nitrogens with two attached hydrogens (primary N) is 2. The van der Waals surface area contributed by atoms with Crippen molar-refractivity contribution in [3.05, 3.63) is 53.2 Å². The number of hydrogen-bond donors (Lipinski definition) is 2. The Balaban J connectivity index is 1.91. The first-order valence-corrected chi connectivity index (χ1v) is 7.12. The minimum atomic E-state index is 0.158. The zero-order valence-electron chi connectivity index (χ0n) is 12.3. The van der Waals surface area contributed by atoms with E-state index in [2.05, 4.69) is 46.1 Å². The Morgan fingerprint density at radius 1 is 0.909 bits per heavy atom. The van der Waals surface area contributed by atoms with Gasteiger partial charge in [0.25, 0.3) is 0 Å². The second-order valence-electron chi connectivity index (χ2n) is 5.00. The van der Waals surface area contributed by atoms with Gasteiger partial charge in [-0.15, -0.1) is 0 Å². The predicted molar refractivity (Wildman–Crippen MR) is 90.9 cm³/mol. The SMILES string of the molecule is CCc1ccc(/C=C/c2ccc3nc(N)nc(N)c3n2)cc1. The van der Waals surface area contributed by atoms with Crippen molar-refractivity contribution in [2.75, 3.05) is 11.5 Å². The number of nitrogen functional groups attached to an aromatic ring is 2. The van der Waals surface area contributed by atoms with E-state index in [0.717, 1.165) is 17.7 Å². The van der Waals surface area contributed by atoms with Crippen molar-refractivity contribution in [1.29, 1.82) is 0 Å². The van der Waals surface area contributed by atoms with Gasteiger partial charge in [0.05, 0.1) is 11.2 Å². The molecule has 5 nitrogen and oxygen atoms in total. The highest BCUT2D eigenvalue weighted by molar-refractivity contribution is 5.86. The Bertz CT molecular complexity index is 838. The third-order valence-electron chi connectivity index (χ3n) is 3.44. The first kappa shape index (κ1) is 14.0. The van der Waals surface area contributed by atoms with E-state index in [1.54, 1.807) is 0 Å². The van der Waals surface area contributed by atoms with E-state index in [-0.39, 0.29) is 5.95 Å². The van der Waals surface area contributed by atoms with Crippen LogP contribution in [0.5, 0.6) is 0 Å². The lowest BCUT2D eigenvalue weighted by atomic mass is 10.1. The molecule has 0 spiro atoms. The van der Waals surface area contributed by atoms with Gasteiger partial charge < -0.3 is 11.5 Å². The summed E-state index contributed by atoms with van der Waals surface area (Å²) in [7, 11) is 0. The third-order valence-corrected chi connectivity index (χ3v) is 3.44. The quantitative estimate of drug-likeness (QED) is 0.774. The number of benzene rings is 1. The summed E-state index contributed by atoms with van der Waals surface area (Å²) in [5, 5.41) is 0. The highest BCUT2D eigenvalue weighted by atomic mass is 15.0. The number of nitrogens with zero attached hydrogens (tertiary/aromatic N) is 3. The van der Waals surface area contributed by atoms with Crippen molar-refractivity contribution in [1.82, 2.24) is 15.0 Å². The standard InChI is InChI=1S/C17H17N5/c1-2-11-3-5-12(6-4-11)7-8-13-9-10-14-15(20-13)16(18)22-17(19)21-14/h3-10H,2H2,1H3,(H4,18,19,21,22)/b8-7+. The molecule has 0 atom stereocenters. The zero-order valence-corrected chi connectivity index (χ0v) is 12.3. The molecule has 0 aliphatic carbocycles. The smallest absolute Gasteiger partial charge is 0.222 e. The van der Waals surface area contributed by atoms with E-state index in [1.807, 2.05) is 24.3 Å². The number of aryl methyl sites for hydroxylation is 1. The summed E-state index contributed by atoms with van der Waals surface area (Å²) in [5.74, 6) is 0.455. The molecule has 3 aromatic rings. The molecule has 0 bridgehead atoms. The molecule has 0 unspecified atom stereocenters. The number of pyridine rings is 1. The lowest BCUT2D eigenvalue weighted by Gasteiger charge is -2.02. The second-order valence-corrected chi connectivity index (χ2v) is 5.00. The Hall–Kier alpha value is -2.95. The van der Waals surface area contributed by atoms with Gasteiger partial charge in [-0.05, 0) is 35.8 Å². The van der Waals surface area contributed by atoms with Crippen LogP contribution in [0.3, 0.4) is 0 Å². The molecule has 3 rings (SSSR count). The summed E-state index contributed by atoms with van der Waals surface area (Å²) >= 11 is 0. The van der Waals surface area contributed by atoms with Crippen LogP contribution in [0, 0.1) is 0 Å². The summed E-state index contributed by atoms with van der Waals surface area (Å²) in [5.41, 5.74) is 15.9. The normalized spacial score (nSPS) is 11.3. The molecule has 0 radical (unpaired) electrons. The van der Waals surface area contributed by atoms with E-state index < -0.39 is 0 Å². The van der Waals surface area contributed by atoms with E-state index in [1.165, 1.54) is 5.56 Å². The zero-order chi connectivity index (χ0) is 15.5. The number of rotatable bonds is 3. The Labute approximate surface area is 128 Å². The lowest BCUT2D eigenvalue weighted by Crippen LogP contribution is -2.02. The Kier molecular flexibility index (Phi) is 3.70. The van der Waals surface area contributed by atoms with Gasteiger partial charge in [0.2, 0.25) is 5.95 Å². The molecule has 0 saturated heterocycles. The average molecular weight is 291 g/mol. The van der Waals surface area contributed by atoms with Crippen LogP contribution in [0.4, 0.5) is 11.8 Å². The van der Waals surface area contributed by atoms with Crippen LogP contribution in [-0.2, 0) is 6.42 Å². The summed E-state index contributed by atoms with van der Waals surface area (Å²) < 4.78 is 0. The molecule has 5 heteroatoms. The molecule has 2 heterocycles. The third kappa shape index (κ3) is 2.88. The van der Waals surface area contributed by atoms with Gasteiger partial charge in [0.1, 0.15) is 5.52 Å². The van der Waals surface area contributed by atoms with Crippen LogP contribution in [0.25, 0.3) is 23.2 Å². The fourth-order valence-electron chi connectivity index (χ4n) is 2.21. The lowest BCUT2D eigenvalue weighted by molar-refractivity contribution is 1.14. The summed E-state index contributed by atoms with van der Waals surface area (Å²) in [6.07, 6.45) is 5.00. The van der Waals surface area contributed by atoms with Crippen molar-refractivity contribution < 1.29 is 0 Å². The maximum absolute atomic E-state index is 5.85. The van der Waals surface area contributed by atoms with Crippen LogP contribution in [0.15, 0.2) is 36.4 Å². The van der Waals surface area contributed by atoms with Crippen molar-refractivity contribution in [2.45, 2.75) is 13.3 Å². The van der Waals surface area contributed by atoms with Gasteiger partial charge in [-0.1, -0.05) is 37.3 Å². The van der Waals surface area contributed by atoms with Crippen molar-refractivity contribution in [2.24, 2.45) is 0 Å². The van der Waals surface area contributed by atoms with Gasteiger partial charge in [0, 0.05) is 0 Å². The second kappa shape index (κ2) is 5.81. The van der Waals surface area contributed by atoms with Crippen LogP contribution >= 0.6 is 0 Å². The molecule has 0 aliphatic rings. The van der Waals surface area contributed by atoms with Crippen molar-refractivity contribution in [3.63, 3.8) is 0 Å². The summed E-state index contributed by atoms with van der Waals surface area (Å²) in [4.78, 5) is 12.5. The van der Waals surface area contributed by atoms with Gasteiger partial charge >= 0.3 is 0 Å². The summed E-state index contributed by atoms with van der Waals surface area (Å²) in [6, 6.07) is 12.2. The van der Waals surface area contributed by atoms with Gasteiger partial charge in [-0.2, -0.15) is 4.98 Å². The molecule has 4 N–H and O–H groups in total. The summed E-state index contributed by atoms with van der Waals surface area (Å²) in [6.45, 7) is 2.14. The Morgan fingerprint density at radius 3 is 2.41 bits per heavy atom. The van der Waals surface area contributed by atoms with Crippen LogP contribution in [0.1, 0.15) is 23.7 Å². The first-order chi connectivity index (χ1) is 10.7. The number of anilines is 2. The van der Waals surface area contributed by atoms with Gasteiger partial charge in [0.15, 0.2) is 5.82 Å². The fraction of sp³-hybridized carbons (Fsp3) is 0.118. The molecule has 22 heavy (non-hydrogen) atoms. The maximum Gasteiger partial charge on any atom is 0.222 e. The van der Waals surface area contributed by atoms with E-state index in [4.69, 9.17) is 11.5 Å². The fourth-order valence-corrected chi connectivity index (χ4v) is 2.21. The maximum atomic E-state index is 5.85. The Morgan fingerprint density at radius 2 is 1.68 bits per heavy atom. The monoisotopic (exact) mass is 291 g/mol. The predicted octanol–water partition coefficient (Wildman–Crippen LogP) is 2.92. The van der Waals surface area contributed by atoms with Crippen LogP contribution in [-0.4, -0.2) is 15.0 Å². The van der Waals surface area contributed by atoms with Crippen LogP contribution < -0.4 is 11.5 Å². The molecular weight excluding hydrogens is 274 g/mol. The van der Waals surface area contributed by atoms with Gasteiger partial charge in [-0.3, -0.25) is 0 Å². The average Bonchev–Trinajstić information content (AvgIpc) is 2.53. The van der Waals surface area contributed by atoms with E-state index in [9.17, 15) is 0 Å². The first-order valence-electron chi connectivity index (χ1n) is 7.12. The molecule has 1 aromatic carbocycles. The molecule has 0 amide bonds. The highest BCUT2D eigenvalue weighted by Gasteiger charge is 2.04. The topological polar surface area (TPSA) is 90.7 Å². The molecule has 2 aromatic heterocycles.